The number of nitrogens with zero attached hydrogens (tertiary/aromatic N) is 3. The van der Waals surface area contributed by atoms with E-state index in [0.717, 1.165) is 22.1 Å². The van der Waals surface area contributed by atoms with Crippen LogP contribution >= 0.6 is 11.3 Å². The van der Waals surface area contributed by atoms with E-state index in [4.69, 9.17) is 9.15 Å². The van der Waals surface area contributed by atoms with Crippen LogP contribution < -0.4 is 4.87 Å². The molecule has 0 aliphatic heterocycles. The molecule has 0 aliphatic rings. The van der Waals surface area contributed by atoms with Gasteiger partial charge in [0.15, 0.2) is 10.8 Å². The molecule has 0 fully saturated rings. The van der Waals surface area contributed by atoms with Crippen molar-refractivity contribution in [2.75, 3.05) is 6.61 Å². The van der Waals surface area contributed by atoms with E-state index in [-0.39, 0.29) is 23.9 Å². The molecule has 9 nitrogen and oxygen atoms in total. The smallest absolute Gasteiger partial charge is 0.433 e. The van der Waals surface area contributed by atoms with E-state index >= 15 is 0 Å². The summed E-state index contributed by atoms with van der Waals surface area (Å²) in [7, 11) is 0. The number of aromatic nitrogens is 2. The molecule has 0 saturated heterocycles. The highest BCUT2D eigenvalue weighted by molar-refractivity contribution is 7.12. The number of rotatable bonds is 5. The number of esters is 1. The van der Waals surface area contributed by atoms with Gasteiger partial charge in [-0.05, 0) is 24.3 Å². The van der Waals surface area contributed by atoms with Crippen molar-refractivity contribution in [2.45, 2.75) is 13.5 Å². The highest BCUT2D eigenvalue weighted by Crippen LogP contribution is 2.25. The lowest BCUT2D eigenvalue weighted by Gasteiger charge is -1.99. The molecule has 0 radical (unpaired) electrons. The number of nitro groups is 1. The largest absolute Gasteiger partial charge is 0.465 e. The monoisotopic (exact) mass is 299 g/mol. The number of furan rings is 1. The Hall–Kier alpha value is -2.49. The molecular weight excluding hydrogens is 290 g/mol. The quantitative estimate of drug-likeness (QED) is 0.459. The topological polar surface area (TPSA) is 117 Å². The summed E-state index contributed by atoms with van der Waals surface area (Å²) in [6.45, 7) is 1.54. The molecule has 0 aromatic carbocycles. The lowest BCUT2D eigenvalue weighted by atomic mass is 10.5. The molecule has 0 bridgehead atoms. The van der Waals surface area contributed by atoms with Crippen LogP contribution in [-0.2, 0) is 16.1 Å². The van der Waals surface area contributed by atoms with Crippen molar-refractivity contribution in [2.24, 2.45) is 0 Å². The van der Waals surface area contributed by atoms with Crippen molar-refractivity contribution >= 4 is 23.2 Å². The summed E-state index contributed by atoms with van der Waals surface area (Å²) in [6, 6.07) is 2.50. The first-order chi connectivity index (χ1) is 9.51. The standard InChI is InChI=1S/C10H9N3O6S/c1-2-18-8(14)5-12-10(15)20-9(11-12)6-3-4-7(19-6)13(16)17/h3-4H,2,5H2,1H3. The van der Waals surface area contributed by atoms with Gasteiger partial charge in [0.25, 0.3) is 0 Å². The van der Waals surface area contributed by atoms with Crippen molar-refractivity contribution in [1.29, 1.82) is 0 Å². The summed E-state index contributed by atoms with van der Waals surface area (Å²) in [5.74, 6) is -0.933. The fourth-order valence-electron chi connectivity index (χ4n) is 1.38. The minimum absolute atomic E-state index is 0.0985. The molecule has 0 N–H and O–H groups in total. The maximum Gasteiger partial charge on any atom is 0.433 e. The van der Waals surface area contributed by atoms with Gasteiger partial charge in [-0.1, -0.05) is 0 Å². The molecule has 0 amide bonds. The van der Waals surface area contributed by atoms with Gasteiger partial charge in [-0.2, -0.15) is 5.10 Å². The summed E-state index contributed by atoms with van der Waals surface area (Å²) in [4.78, 5) is 32.2. The van der Waals surface area contributed by atoms with Gasteiger partial charge in [0.1, 0.15) is 11.5 Å². The van der Waals surface area contributed by atoms with Crippen LogP contribution in [0, 0.1) is 10.1 Å². The first-order valence-corrected chi connectivity index (χ1v) is 6.31. The van der Waals surface area contributed by atoms with Gasteiger partial charge in [-0.3, -0.25) is 19.7 Å². The fraction of sp³-hybridized carbons (Fsp3) is 0.300. The second-order valence-corrected chi connectivity index (χ2v) is 4.47. The zero-order valence-corrected chi connectivity index (χ0v) is 11.1. The Morgan fingerprint density at radius 1 is 1.60 bits per heavy atom. The van der Waals surface area contributed by atoms with Gasteiger partial charge in [-0.25, -0.2) is 4.68 Å². The number of carbonyl (C=O) groups is 1. The molecule has 0 saturated carbocycles. The Bertz CT molecular complexity index is 700. The zero-order valence-electron chi connectivity index (χ0n) is 10.3. The highest BCUT2D eigenvalue weighted by Gasteiger charge is 2.18. The van der Waals surface area contributed by atoms with E-state index < -0.39 is 21.6 Å². The third-order valence-corrected chi connectivity index (χ3v) is 3.03. The number of hydrogen-bond acceptors (Lipinski definition) is 8. The molecule has 2 rings (SSSR count). The SMILES string of the molecule is CCOC(=O)Cn1nc(-c2ccc([N+](=O)[O-])o2)sc1=O. The van der Waals surface area contributed by atoms with Gasteiger partial charge in [-0.15, -0.1) is 0 Å². The number of ether oxygens (including phenoxy) is 1. The third kappa shape index (κ3) is 2.91. The van der Waals surface area contributed by atoms with Gasteiger partial charge in [0.2, 0.25) is 0 Å². The van der Waals surface area contributed by atoms with Crippen molar-refractivity contribution in [3.8, 4) is 10.8 Å². The molecule has 2 aromatic rings. The van der Waals surface area contributed by atoms with Crippen LogP contribution in [0.15, 0.2) is 21.3 Å². The van der Waals surface area contributed by atoms with Gasteiger partial charge in [0, 0.05) is 0 Å². The zero-order chi connectivity index (χ0) is 14.7. The molecular formula is C10H9N3O6S. The second-order valence-electron chi connectivity index (χ2n) is 3.53. The van der Waals surface area contributed by atoms with E-state index in [9.17, 15) is 19.7 Å². The second kappa shape index (κ2) is 5.65. The average molecular weight is 299 g/mol. The molecule has 10 heteroatoms. The van der Waals surface area contributed by atoms with Crippen LogP contribution in [0.4, 0.5) is 5.88 Å². The molecule has 2 heterocycles. The maximum absolute atomic E-state index is 11.6. The minimum atomic E-state index is -0.693. The van der Waals surface area contributed by atoms with Gasteiger partial charge in [0.05, 0.1) is 12.7 Å². The van der Waals surface area contributed by atoms with Crippen LogP contribution in [0.3, 0.4) is 0 Å². The molecule has 0 atom stereocenters. The first-order valence-electron chi connectivity index (χ1n) is 5.49. The molecule has 0 aliphatic carbocycles. The van der Waals surface area contributed by atoms with Crippen LogP contribution in [0.25, 0.3) is 10.8 Å². The van der Waals surface area contributed by atoms with E-state index in [1.165, 1.54) is 6.07 Å². The molecule has 106 valence electrons. The van der Waals surface area contributed by atoms with E-state index in [1.54, 1.807) is 6.92 Å². The number of hydrogen-bond donors (Lipinski definition) is 0. The maximum atomic E-state index is 11.6. The van der Waals surface area contributed by atoms with E-state index in [0.29, 0.717) is 0 Å². The summed E-state index contributed by atoms with van der Waals surface area (Å²) in [5, 5.41) is 14.5. The lowest BCUT2D eigenvalue weighted by molar-refractivity contribution is -0.401. The Kier molecular flexibility index (Phi) is 3.94. The van der Waals surface area contributed by atoms with Crippen LogP contribution in [0.5, 0.6) is 0 Å². The van der Waals surface area contributed by atoms with Gasteiger partial charge >= 0.3 is 16.7 Å². The molecule has 2 aromatic heterocycles. The van der Waals surface area contributed by atoms with Crippen molar-refractivity contribution in [3.05, 3.63) is 31.9 Å². The third-order valence-electron chi connectivity index (χ3n) is 2.17. The molecule has 0 unspecified atom stereocenters. The van der Waals surface area contributed by atoms with Crippen molar-refractivity contribution in [1.82, 2.24) is 9.78 Å². The predicted octanol–water partition coefficient (Wildman–Crippen LogP) is 1.04. The summed E-state index contributed by atoms with van der Waals surface area (Å²) in [6.07, 6.45) is 0. The highest BCUT2D eigenvalue weighted by atomic mass is 32.1. The van der Waals surface area contributed by atoms with E-state index in [1.807, 2.05) is 0 Å². The number of carbonyl (C=O) groups excluding carboxylic acids is 1. The van der Waals surface area contributed by atoms with Crippen molar-refractivity contribution in [3.63, 3.8) is 0 Å². The van der Waals surface area contributed by atoms with Crippen molar-refractivity contribution < 1.29 is 18.9 Å². The Balaban J connectivity index is 2.24. The predicted molar refractivity (Wildman–Crippen MR) is 67.4 cm³/mol. The Morgan fingerprint density at radius 2 is 2.35 bits per heavy atom. The van der Waals surface area contributed by atoms with Gasteiger partial charge < -0.3 is 9.15 Å². The normalized spacial score (nSPS) is 10.4. The Labute approximate surface area is 115 Å². The molecule has 0 spiro atoms. The van der Waals surface area contributed by atoms with Crippen LogP contribution in [0.2, 0.25) is 0 Å². The van der Waals surface area contributed by atoms with Crippen LogP contribution in [0.1, 0.15) is 6.92 Å². The van der Waals surface area contributed by atoms with E-state index in [2.05, 4.69) is 5.10 Å². The lowest BCUT2D eigenvalue weighted by Crippen LogP contribution is -2.22. The summed E-state index contributed by atoms with van der Waals surface area (Å²) >= 11 is 0.725. The molecule has 20 heavy (non-hydrogen) atoms. The fourth-order valence-corrected chi connectivity index (χ4v) is 2.10. The Morgan fingerprint density at radius 3 is 2.95 bits per heavy atom. The average Bonchev–Trinajstić information content (AvgIpc) is 2.97. The summed E-state index contributed by atoms with van der Waals surface area (Å²) < 4.78 is 10.6. The first kappa shape index (κ1) is 13.9. The minimum Gasteiger partial charge on any atom is -0.465 e. The van der Waals surface area contributed by atoms with Crippen LogP contribution in [-0.4, -0.2) is 27.3 Å². The summed E-state index contributed by atoms with van der Waals surface area (Å²) in [5.41, 5.74) is 0.